The third kappa shape index (κ3) is 2.93. The fourth-order valence-electron chi connectivity index (χ4n) is 3.62. The summed E-state index contributed by atoms with van der Waals surface area (Å²) in [5.74, 6) is 0. The largest absolute Gasteiger partial charge is 0.398 e. The maximum Gasteiger partial charge on any atom is 0.131 e. The van der Waals surface area contributed by atoms with Crippen LogP contribution in [-0.4, -0.2) is 43.3 Å². The molecule has 0 aliphatic carbocycles. The van der Waals surface area contributed by atoms with Gasteiger partial charge in [0, 0.05) is 22.8 Å². The zero-order valence-electron chi connectivity index (χ0n) is 14.8. The van der Waals surface area contributed by atoms with Crippen LogP contribution in [-0.2, 0) is 0 Å². The Morgan fingerprint density at radius 2 is 1.96 bits per heavy atom. The van der Waals surface area contributed by atoms with Crippen molar-refractivity contribution in [2.45, 2.75) is 18.9 Å². The van der Waals surface area contributed by atoms with E-state index in [1.54, 1.807) is 6.20 Å². The van der Waals surface area contributed by atoms with Gasteiger partial charge < -0.3 is 11.1 Å². The second-order valence-corrected chi connectivity index (χ2v) is 6.88. The number of nitrogens with one attached hydrogen (secondary N) is 2. The van der Waals surface area contributed by atoms with Gasteiger partial charge in [-0.15, -0.1) is 5.10 Å². The summed E-state index contributed by atoms with van der Waals surface area (Å²) in [5, 5.41) is 19.8. The van der Waals surface area contributed by atoms with E-state index in [2.05, 4.69) is 25.8 Å². The molecule has 3 aromatic heterocycles. The summed E-state index contributed by atoms with van der Waals surface area (Å²) in [7, 11) is 0. The number of piperidine rings is 1. The molecule has 136 valence electrons. The molecule has 4 N–H and O–H groups in total. The minimum atomic E-state index is 0.392. The van der Waals surface area contributed by atoms with Crippen LogP contribution in [0, 0.1) is 0 Å². The first-order valence-electron chi connectivity index (χ1n) is 9.10. The number of benzene rings is 1. The Morgan fingerprint density at radius 3 is 2.78 bits per heavy atom. The molecule has 1 aromatic carbocycles. The molecular formula is C19H20N8. The maximum atomic E-state index is 6.34. The van der Waals surface area contributed by atoms with Gasteiger partial charge in [-0.1, -0.05) is 11.3 Å². The first-order valence-corrected chi connectivity index (χ1v) is 9.10. The number of fused-ring (bicyclic) bond motifs is 1. The van der Waals surface area contributed by atoms with Crippen LogP contribution in [0.1, 0.15) is 18.9 Å². The Balaban J connectivity index is 1.51. The Bertz CT molecular complexity index is 1080. The fourth-order valence-corrected chi connectivity index (χ4v) is 3.62. The van der Waals surface area contributed by atoms with Crippen molar-refractivity contribution in [1.82, 2.24) is 35.5 Å². The molecule has 5 rings (SSSR count). The van der Waals surface area contributed by atoms with E-state index in [-0.39, 0.29) is 0 Å². The van der Waals surface area contributed by atoms with E-state index in [0.717, 1.165) is 59.3 Å². The third-order valence-corrected chi connectivity index (χ3v) is 5.13. The van der Waals surface area contributed by atoms with Gasteiger partial charge in [0.2, 0.25) is 0 Å². The number of aromatic nitrogens is 6. The molecule has 0 bridgehead atoms. The number of rotatable bonds is 3. The molecule has 0 amide bonds. The van der Waals surface area contributed by atoms with Crippen molar-refractivity contribution in [2.75, 3.05) is 18.8 Å². The van der Waals surface area contributed by atoms with E-state index in [1.807, 2.05) is 41.3 Å². The minimum absolute atomic E-state index is 0.392. The van der Waals surface area contributed by atoms with Crippen LogP contribution < -0.4 is 11.1 Å². The van der Waals surface area contributed by atoms with Gasteiger partial charge in [-0.25, -0.2) is 9.67 Å². The molecular weight excluding hydrogens is 340 g/mol. The number of nitrogens with two attached hydrogens (primary N) is 1. The van der Waals surface area contributed by atoms with E-state index in [1.165, 1.54) is 0 Å². The SMILES string of the molecule is Nc1cc(-c2cn(C3CCNCC3)nn2)nc2ccc(-c3cn[nH]c3)cc12. The minimum Gasteiger partial charge on any atom is -0.398 e. The number of nitrogen functional groups attached to an aromatic ring is 1. The van der Waals surface area contributed by atoms with E-state index in [0.29, 0.717) is 11.7 Å². The van der Waals surface area contributed by atoms with Crippen LogP contribution in [0.25, 0.3) is 33.4 Å². The van der Waals surface area contributed by atoms with Crippen LogP contribution in [0.15, 0.2) is 42.9 Å². The number of nitrogens with zero attached hydrogens (tertiary/aromatic N) is 5. The van der Waals surface area contributed by atoms with Crippen LogP contribution in [0.4, 0.5) is 5.69 Å². The zero-order chi connectivity index (χ0) is 18.2. The first-order chi connectivity index (χ1) is 13.3. The highest BCUT2D eigenvalue weighted by Crippen LogP contribution is 2.30. The monoisotopic (exact) mass is 360 g/mol. The lowest BCUT2D eigenvalue weighted by molar-refractivity contribution is 0.337. The Labute approximate surface area is 155 Å². The number of hydrogen-bond donors (Lipinski definition) is 3. The molecule has 1 aliphatic rings. The highest BCUT2D eigenvalue weighted by Gasteiger charge is 2.18. The van der Waals surface area contributed by atoms with E-state index >= 15 is 0 Å². The average Bonchev–Trinajstić information content (AvgIpc) is 3.41. The van der Waals surface area contributed by atoms with Crippen LogP contribution in [0.5, 0.6) is 0 Å². The number of aromatic amines is 1. The highest BCUT2D eigenvalue weighted by molar-refractivity contribution is 5.95. The second-order valence-electron chi connectivity index (χ2n) is 6.88. The van der Waals surface area contributed by atoms with Gasteiger partial charge in [0.05, 0.1) is 29.6 Å². The molecule has 4 aromatic rings. The topological polar surface area (TPSA) is 110 Å². The molecule has 8 heteroatoms. The van der Waals surface area contributed by atoms with Gasteiger partial charge in [0.15, 0.2) is 0 Å². The Hall–Kier alpha value is -3.26. The first kappa shape index (κ1) is 16.0. The van der Waals surface area contributed by atoms with Crippen molar-refractivity contribution in [3.8, 4) is 22.5 Å². The quantitative estimate of drug-likeness (QED) is 0.517. The molecule has 0 unspecified atom stereocenters. The highest BCUT2D eigenvalue weighted by atomic mass is 15.4. The second kappa shape index (κ2) is 6.48. The summed E-state index contributed by atoms with van der Waals surface area (Å²) in [5.41, 5.74) is 11.4. The van der Waals surface area contributed by atoms with Gasteiger partial charge >= 0.3 is 0 Å². The molecule has 1 saturated heterocycles. The zero-order valence-corrected chi connectivity index (χ0v) is 14.8. The van der Waals surface area contributed by atoms with Gasteiger partial charge in [0.25, 0.3) is 0 Å². The number of hydrogen-bond acceptors (Lipinski definition) is 6. The van der Waals surface area contributed by atoms with E-state index in [9.17, 15) is 0 Å². The summed E-state index contributed by atoms with van der Waals surface area (Å²) in [6.45, 7) is 2.03. The fraction of sp³-hybridized carbons (Fsp3) is 0.263. The molecule has 8 nitrogen and oxygen atoms in total. The lowest BCUT2D eigenvalue weighted by Crippen LogP contribution is -2.29. The number of anilines is 1. The smallest absolute Gasteiger partial charge is 0.131 e. The van der Waals surface area contributed by atoms with Crippen molar-refractivity contribution in [1.29, 1.82) is 0 Å². The normalized spacial score (nSPS) is 15.4. The third-order valence-electron chi connectivity index (χ3n) is 5.13. The average molecular weight is 360 g/mol. The van der Waals surface area contributed by atoms with Gasteiger partial charge in [-0.05, 0) is 49.7 Å². The van der Waals surface area contributed by atoms with Gasteiger partial charge in [0.1, 0.15) is 5.69 Å². The summed E-state index contributed by atoms with van der Waals surface area (Å²) < 4.78 is 1.96. The lowest BCUT2D eigenvalue weighted by atomic mass is 10.0. The maximum absolute atomic E-state index is 6.34. The Kier molecular flexibility index (Phi) is 3.83. The molecule has 0 spiro atoms. The van der Waals surface area contributed by atoms with Crippen molar-refractivity contribution in [3.05, 3.63) is 42.9 Å². The van der Waals surface area contributed by atoms with Crippen molar-refractivity contribution in [2.24, 2.45) is 0 Å². The van der Waals surface area contributed by atoms with Crippen LogP contribution in [0.3, 0.4) is 0 Å². The molecule has 27 heavy (non-hydrogen) atoms. The van der Waals surface area contributed by atoms with E-state index in [4.69, 9.17) is 10.7 Å². The van der Waals surface area contributed by atoms with Crippen LogP contribution >= 0.6 is 0 Å². The standard InChI is InChI=1S/C19H20N8/c20-16-8-18(19-11-27(26-25-19)14-3-5-21-6-4-14)24-17-2-1-12(7-15(16)17)13-9-22-23-10-13/h1-2,7-11,14,21H,3-6H2,(H2,20,24)(H,22,23). The number of pyridine rings is 1. The summed E-state index contributed by atoms with van der Waals surface area (Å²) in [6, 6.07) is 8.31. The summed E-state index contributed by atoms with van der Waals surface area (Å²) in [4.78, 5) is 4.76. The van der Waals surface area contributed by atoms with Crippen LogP contribution in [0.2, 0.25) is 0 Å². The van der Waals surface area contributed by atoms with E-state index < -0.39 is 0 Å². The van der Waals surface area contributed by atoms with Crippen molar-refractivity contribution in [3.63, 3.8) is 0 Å². The summed E-state index contributed by atoms with van der Waals surface area (Å²) in [6.07, 6.45) is 7.75. The molecule has 1 fully saturated rings. The molecule has 4 heterocycles. The van der Waals surface area contributed by atoms with Crippen molar-refractivity contribution >= 4 is 16.6 Å². The predicted octanol–water partition coefficient (Wildman–Crippen LogP) is 2.39. The predicted molar refractivity (Wildman–Crippen MR) is 104 cm³/mol. The van der Waals surface area contributed by atoms with Gasteiger partial charge in [-0.2, -0.15) is 5.10 Å². The lowest BCUT2D eigenvalue weighted by Gasteiger charge is -2.22. The molecule has 1 aliphatic heterocycles. The van der Waals surface area contributed by atoms with Crippen molar-refractivity contribution < 1.29 is 0 Å². The molecule has 0 radical (unpaired) electrons. The van der Waals surface area contributed by atoms with Gasteiger partial charge in [-0.3, -0.25) is 5.10 Å². The molecule has 0 saturated carbocycles. The molecule has 0 atom stereocenters. The number of H-pyrrole nitrogens is 1. The summed E-state index contributed by atoms with van der Waals surface area (Å²) >= 11 is 0. The Morgan fingerprint density at radius 1 is 1.07 bits per heavy atom.